The fraction of sp³-hybridized carbons (Fsp3) is 0.556. The van der Waals surface area contributed by atoms with Crippen LogP contribution in [-0.2, 0) is 9.47 Å². The van der Waals surface area contributed by atoms with Crippen LogP contribution in [-0.4, -0.2) is 48.4 Å². The summed E-state index contributed by atoms with van der Waals surface area (Å²) in [7, 11) is 1.60. The maximum absolute atomic E-state index is 10.3. The van der Waals surface area contributed by atoms with E-state index in [9.17, 15) is 10.1 Å². The van der Waals surface area contributed by atoms with E-state index in [0.29, 0.717) is 32.3 Å². The number of hydrogen-bond acceptors (Lipinski definition) is 7. The van der Waals surface area contributed by atoms with Crippen molar-refractivity contribution in [1.29, 1.82) is 0 Å². The summed E-state index contributed by atoms with van der Waals surface area (Å²) in [6.45, 7) is 2.10. The van der Waals surface area contributed by atoms with Gasteiger partial charge in [0.25, 0.3) is 0 Å². The number of ether oxygens (including phenoxy) is 2. The van der Waals surface area contributed by atoms with E-state index >= 15 is 0 Å². The normalized spacial score (nSPS) is 10.2. The lowest BCUT2D eigenvalue weighted by molar-refractivity contribution is -0.385. The summed E-state index contributed by atoms with van der Waals surface area (Å²) in [5.74, 6) is 0.339. The molecule has 8 heteroatoms. The molecule has 0 atom stereocenters. The van der Waals surface area contributed by atoms with Crippen molar-refractivity contribution in [3.63, 3.8) is 0 Å². The van der Waals surface area contributed by atoms with Gasteiger partial charge >= 0.3 is 5.69 Å². The van der Waals surface area contributed by atoms with Crippen molar-refractivity contribution in [1.82, 2.24) is 9.97 Å². The highest BCUT2D eigenvalue weighted by molar-refractivity contribution is 5.30. The van der Waals surface area contributed by atoms with E-state index in [1.54, 1.807) is 7.11 Å². The first kappa shape index (κ1) is 13.3. The van der Waals surface area contributed by atoms with Crippen LogP contribution < -0.4 is 5.32 Å². The Kier molecular flexibility index (Phi) is 5.83. The Labute approximate surface area is 98.1 Å². The van der Waals surface area contributed by atoms with E-state index in [-0.39, 0.29) is 5.69 Å². The van der Waals surface area contributed by atoms with Crippen LogP contribution in [0.15, 0.2) is 12.4 Å². The number of nitrogens with one attached hydrogen (secondary N) is 1. The minimum atomic E-state index is -0.544. The second-order valence-electron chi connectivity index (χ2n) is 3.05. The first-order valence-electron chi connectivity index (χ1n) is 5.01. The van der Waals surface area contributed by atoms with Gasteiger partial charge in [0.05, 0.1) is 24.7 Å². The predicted molar refractivity (Wildman–Crippen MR) is 59.9 cm³/mol. The van der Waals surface area contributed by atoms with Crippen LogP contribution in [0.1, 0.15) is 0 Å². The topological polar surface area (TPSA) is 99.4 Å². The van der Waals surface area contributed by atoms with Gasteiger partial charge in [-0.15, -0.1) is 0 Å². The van der Waals surface area contributed by atoms with Crippen LogP contribution in [0, 0.1) is 10.1 Å². The predicted octanol–water partition coefficient (Wildman–Crippen LogP) is 0.460. The van der Waals surface area contributed by atoms with Crippen molar-refractivity contribution >= 4 is 11.6 Å². The second kappa shape index (κ2) is 7.47. The molecule has 0 saturated heterocycles. The molecule has 0 saturated carbocycles. The van der Waals surface area contributed by atoms with E-state index in [1.165, 1.54) is 0 Å². The molecular weight excluding hydrogens is 228 g/mol. The van der Waals surface area contributed by atoms with Gasteiger partial charge < -0.3 is 14.8 Å². The number of aromatic nitrogens is 2. The molecule has 0 aliphatic carbocycles. The van der Waals surface area contributed by atoms with E-state index in [2.05, 4.69) is 15.3 Å². The molecule has 1 heterocycles. The molecule has 0 bridgehead atoms. The average Bonchev–Trinajstić information content (AvgIpc) is 2.34. The molecule has 94 valence electrons. The Balaban J connectivity index is 2.21. The van der Waals surface area contributed by atoms with E-state index in [0.717, 1.165) is 12.4 Å². The maximum atomic E-state index is 10.3. The lowest BCUT2D eigenvalue weighted by Gasteiger charge is -2.05. The Bertz CT molecular complexity index is 343. The molecule has 17 heavy (non-hydrogen) atoms. The first-order valence-corrected chi connectivity index (χ1v) is 5.01. The molecule has 0 radical (unpaired) electrons. The summed E-state index contributed by atoms with van der Waals surface area (Å²) in [4.78, 5) is 17.4. The quantitative estimate of drug-likeness (QED) is 0.401. The molecule has 1 N–H and O–H groups in total. The van der Waals surface area contributed by atoms with Crippen molar-refractivity contribution in [3.05, 3.63) is 22.5 Å². The van der Waals surface area contributed by atoms with Crippen LogP contribution >= 0.6 is 0 Å². The SMILES string of the molecule is COCCOCCNc1ncc([N+](=O)[O-])cn1. The fourth-order valence-corrected chi connectivity index (χ4v) is 0.986. The van der Waals surface area contributed by atoms with Crippen LogP contribution in [0.2, 0.25) is 0 Å². The third-order valence-electron chi connectivity index (χ3n) is 1.81. The zero-order valence-electron chi connectivity index (χ0n) is 9.46. The second-order valence-corrected chi connectivity index (χ2v) is 3.05. The summed E-state index contributed by atoms with van der Waals surface area (Å²) in [6.07, 6.45) is 2.31. The highest BCUT2D eigenvalue weighted by Crippen LogP contribution is 2.07. The van der Waals surface area contributed by atoms with Gasteiger partial charge in [0.2, 0.25) is 5.95 Å². The number of anilines is 1. The zero-order valence-corrected chi connectivity index (χ0v) is 9.46. The highest BCUT2D eigenvalue weighted by atomic mass is 16.6. The third-order valence-corrected chi connectivity index (χ3v) is 1.81. The van der Waals surface area contributed by atoms with Crippen LogP contribution in [0.4, 0.5) is 11.6 Å². The Morgan fingerprint density at radius 3 is 2.65 bits per heavy atom. The lowest BCUT2D eigenvalue weighted by atomic mass is 10.5. The van der Waals surface area contributed by atoms with Crippen molar-refractivity contribution in [3.8, 4) is 0 Å². The maximum Gasteiger partial charge on any atom is 0.305 e. The van der Waals surface area contributed by atoms with Gasteiger partial charge in [0, 0.05) is 13.7 Å². The van der Waals surface area contributed by atoms with Crippen molar-refractivity contribution < 1.29 is 14.4 Å². The van der Waals surface area contributed by atoms with Crippen LogP contribution in [0.3, 0.4) is 0 Å². The smallest absolute Gasteiger partial charge is 0.305 e. The fourth-order valence-electron chi connectivity index (χ4n) is 0.986. The molecule has 0 aliphatic rings. The first-order chi connectivity index (χ1) is 8.24. The molecule has 1 aromatic rings. The Morgan fingerprint density at radius 2 is 2.06 bits per heavy atom. The largest absolute Gasteiger partial charge is 0.382 e. The van der Waals surface area contributed by atoms with Crippen molar-refractivity contribution in [2.75, 3.05) is 38.8 Å². The molecular formula is C9H14N4O4. The van der Waals surface area contributed by atoms with E-state index in [1.807, 2.05) is 0 Å². The minimum Gasteiger partial charge on any atom is -0.382 e. The van der Waals surface area contributed by atoms with Gasteiger partial charge in [0.15, 0.2) is 0 Å². The van der Waals surface area contributed by atoms with Crippen LogP contribution in [0.25, 0.3) is 0 Å². The van der Waals surface area contributed by atoms with Gasteiger partial charge in [-0.3, -0.25) is 10.1 Å². The number of methoxy groups -OCH3 is 1. The number of nitro groups is 1. The number of rotatable bonds is 8. The molecule has 0 aromatic carbocycles. The summed E-state index contributed by atoms with van der Waals surface area (Å²) in [6, 6.07) is 0. The van der Waals surface area contributed by atoms with Gasteiger partial charge in [-0.25, -0.2) is 9.97 Å². The summed E-state index contributed by atoms with van der Waals surface area (Å²) in [5.41, 5.74) is -0.133. The highest BCUT2D eigenvalue weighted by Gasteiger charge is 2.05. The summed E-state index contributed by atoms with van der Waals surface area (Å²) >= 11 is 0. The summed E-state index contributed by atoms with van der Waals surface area (Å²) < 4.78 is 10.0. The van der Waals surface area contributed by atoms with E-state index < -0.39 is 4.92 Å². The number of nitrogens with zero attached hydrogens (tertiary/aromatic N) is 3. The average molecular weight is 242 g/mol. The van der Waals surface area contributed by atoms with E-state index in [4.69, 9.17) is 9.47 Å². The molecule has 0 unspecified atom stereocenters. The Morgan fingerprint density at radius 1 is 1.35 bits per heavy atom. The molecule has 1 aromatic heterocycles. The molecule has 8 nitrogen and oxygen atoms in total. The Hall–Kier alpha value is -1.80. The van der Waals surface area contributed by atoms with Gasteiger partial charge in [0.1, 0.15) is 12.4 Å². The minimum absolute atomic E-state index is 0.133. The zero-order chi connectivity index (χ0) is 12.5. The third kappa shape index (κ3) is 5.18. The van der Waals surface area contributed by atoms with Crippen molar-refractivity contribution in [2.24, 2.45) is 0 Å². The molecule has 0 aliphatic heterocycles. The van der Waals surface area contributed by atoms with Gasteiger partial charge in [-0.2, -0.15) is 0 Å². The molecule has 0 fully saturated rings. The van der Waals surface area contributed by atoms with Gasteiger partial charge in [-0.05, 0) is 0 Å². The van der Waals surface area contributed by atoms with Crippen molar-refractivity contribution in [2.45, 2.75) is 0 Å². The lowest BCUT2D eigenvalue weighted by Crippen LogP contribution is -2.13. The number of hydrogen-bond donors (Lipinski definition) is 1. The monoisotopic (exact) mass is 242 g/mol. The molecule has 0 amide bonds. The standard InChI is InChI=1S/C9H14N4O4/c1-16-4-5-17-3-2-10-9-11-6-8(7-12-9)13(14)15/h6-7H,2-5H2,1H3,(H,10,11,12). The van der Waals surface area contributed by atoms with Crippen LogP contribution in [0.5, 0.6) is 0 Å². The summed E-state index contributed by atoms with van der Waals surface area (Å²) in [5, 5.41) is 13.2. The van der Waals surface area contributed by atoms with Gasteiger partial charge in [-0.1, -0.05) is 0 Å². The molecule has 1 rings (SSSR count). The molecule has 0 spiro atoms.